The molecule has 1 saturated heterocycles. The monoisotopic (exact) mass is 303 g/mol. The quantitative estimate of drug-likeness (QED) is 0.828. The van der Waals surface area contributed by atoms with E-state index in [2.05, 4.69) is 20.2 Å². The number of carbonyl (C=O) groups excluding carboxylic acids is 1. The van der Waals surface area contributed by atoms with Crippen LogP contribution < -0.4 is 11.1 Å². The zero-order chi connectivity index (χ0) is 15.4. The van der Waals surface area contributed by atoms with Crippen LogP contribution in [0.25, 0.3) is 0 Å². The molecule has 1 aliphatic carbocycles. The van der Waals surface area contributed by atoms with Crippen molar-refractivity contribution in [2.75, 3.05) is 18.8 Å². The molecule has 120 valence electrons. The molecular formula is C16H25N5O. The molecule has 2 fully saturated rings. The first-order chi connectivity index (χ1) is 10.7. The van der Waals surface area contributed by atoms with Gasteiger partial charge < -0.3 is 11.1 Å². The molecule has 0 unspecified atom stereocenters. The molecule has 1 aromatic rings. The van der Waals surface area contributed by atoms with Crippen LogP contribution in [0.1, 0.15) is 44.1 Å². The van der Waals surface area contributed by atoms with Gasteiger partial charge in [-0.1, -0.05) is 0 Å². The highest BCUT2D eigenvalue weighted by molar-refractivity contribution is 5.76. The van der Waals surface area contributed by atoms with Crippen LogP contribution >= 0.6 is 0 Å². The van der Waals surface area contributed by atoms with Crippen molar-refractivity contribution in [2.45, 2.75) is 51.1 Å². The predicted molar refractivity (Wildman–Crippen MR) is 84.8 cm³/mol. The molecule has 0 aromatic carbocycles. The van der Waals surface area contributed by atoms with Crippen LogP contribution in [0.15, 0.2) is 12.4 Å². The molecule has 3 rings (SSSR count). The fraction of sp³-hybridized carbons (Fsp3) is 0.688. The number of nitrogen functional groups attached to an aromatic ring is 1. The van der Waals surface area contributed by atoms with Crippen LogP contribution in [-0.4, -0.2) is 39.9 Å². The highest BCUT2D eigenvalue weighted by Gasteiger charge is 2.24. The summed E-state index contributed by atoms with van der Waals surface area (Å²) in [5.41, 5.74) is 6.61. The number of hydrogen-bond donors (Lipinski definition) is 2. The van der Waals surface area contributed by atoms with E-state index in [-0.39, 0.29) is 5.91 Å². The highest BCUT2D eigenvalue weighted by atomic mass is 16.1. The van der Waals surface area contributed by atoms with Crippen molar-refractivity contribution in [3.05, 3.63) is 18.0 Å². The normalized spacial score (nSPS) is 20.0. The Labute approximate surface area is 131 Å². The number of nitrogens with one attached hydrogen (secondary N) is 1. The van der Waals surface area contributed by atoms with Gasteiger partial charge in [0.05, 0.1) is 0 Å². The summed E-state index contributed by atoms with van der Waals surface area (Å²) >= 11 is 0. The van der Waals surface area contributed by atoms with Gasteiger partial charge in [-0.15, -0.1) is 0 Å². The Morgan fingerprint density at radius 2 is 1.91 bits per heavy atom. The van der Waals surface area contributed by atoms with Crippen LogP contribution in [-0.2, 0) is 11.3 Å². The lowest BCUT2D eigenvalue weighted by atomic mass is 9.92. The minimum Gasteiger partial charge on any atom is -0.368 e. The number of piperidine rings is 1. The van der Waals surface area contributed by atoms with E-state index in [1.54, 1.807) is 12.4 Å². The second-order valence-electron chi connectivity index (χ2n) is 6.55. The third-order valence-electron chi connectivity index (χ3n) is 4.56. The fourth-order valence-electron chi connectivity index (χ4n) is 3.00. The van der Waals surface area contributed by atoms with E-state index in [0.717, 1.165) is 31.6 Å². The molecule has 3 N–H and O–H groups in total. The second kappa shape index (κ2) is 7.05. The standard InChI is InChI=1S/C16H25N5O/c17-16-18-9-13(10-19-16)11-21-7-5-12(6-8-21)1-4-15(22)20-14-2-3-14/h9-10,12,14H,1-8,11H2,(H,20,22)(H2,17,18,19). The van der Waals surface area contributed by atoms with Crippen LogP contribution in [0.3, 0.4) is 0 Å². The van der Waals surface area contributed by atoms with E-state index < -0.39 is 0 Å². The Morgan fingerprint density at radius 1 is 1.23 bits per heavy atom. The van der Waals surface area contributed by atoms with Gasteiger partial charge in [0.25, 0.3) is 0 Å². The molecule has 6 heteroatoms. The predicted octanol–water partition coefficient (Wildman–Crippen LogP) is 1.33. The molecule has 1 amide bonds. The van der Waals surface area contributed by atoms with Gasteiger partial charge in [0.1, 0.15) is 0 Å². The molecule has 22 heavy (non-hydrogen) atoms. The molecule has 6 nitrogen and oxygen atoms in total. The van der Waals surface area contributed by atoms with Gasteiger partial charge in [0, 0.05) is 37.0 Å². The van der Waals surface area contributed by atoms with Crippen molar-refractivity contribution in [3.8, 4) is 0 Å². The number of amides is 1. The summed E-state index contributed by atoms with van der Waals surface area (Å²) in [5.74, 6) is 1.25. The minimum atomic E-state index is 0.240. The second-order valence-corrected chi connectivity index (χ2v) is 6.55. The molecule has 2 heterocycles. The van der Waals surface area contributed by atoms with Crippen LogP contribution in [0, 0.1) is 5.92 Å². The van der Waals surface area contributed by atoms with Gasteiger partial charge >= 0.3 is 0 Å². The summed E-state index contributed by atoms with van der Waals surface area (Å²) in [7, 11) is 0. The zero-order valence-electron chi connectivity index (χ0n) is 13.0. The SMILES string of the molecule is Nc1ncc(CN2CCC(CCC(=O)NC3CC3)CC2)cn1. The summed E-state index contributed by atoms with van der Waals surface area (Å²) in [5, 5.41) is 3.07. The van der Waals surface area contributed by atoms with E-state index in [9.17, 15) is 4.79 Å². The number of nitrogens with two attached hydrogens (primary N) is 1. The maximum Gasteiger partial charge on any atom is 0.220 e. The van der Waals surface area contributed by atoms with Gasteiger partial charge in [0.15, 0.2) is 0 Å². The van der Waals surface area contributed by atoms with E-state index in [4.69, 9.17) is 5.73 Å². The number of carbonyl (C=O) groups is 1. The van der Waals surface area contributed by atoms with Gasteiger partial charge in [-0.3, -0.25) is 9.69 Å². The number of nitrogens with zero attached hydrogens (tertiary/aromatic N) is 3. The molecule has 2 aliphatic rings. The zero-order valence-corrected chi connectivity index (χ0v) is 13.0. The smallest absolute Gasteiger partial charge is 0.220 e. The summed E-state index contributed by atoms with van der Waals surface area (Å²) in [4.78, 5) is 22.2. The van der Waals surface area contributed by atoms with Crippen LogP contribution in [0.2, 0.25) is 0 Å². The maximum absolute atomic E-state index is 11.7. The van der Waals surface area contributed by atoms with Crippen LogP contribution in [0.4, 0.5) is 5.95 Å². The van der Waals surface area contributed by atoms with Gasteiger partial charge in [0.2, 0.25) is 11.9 Å². The Hall–Kier alpha value is -1.69. The Morgan fingerprint density at radius 3 is 2.55 bits per heavy atom. The maximum atomic E-state index is 11.7. The third kappa shape index (κ3) is 4.66. The molecule has 1 saturated carbocycles. The Kier molecular flexibility index (Phi) is 4.87. The number of hydrogen-bond acceptors (Lipinski definition) is 5. The van der Waals surface area contributed by atoms with Crippen molar-refractivity contribution < 1.29 is 4.79 Å². The van der Waals surface area contributed by atoms with Crippen LogP contribution in [0.5, 0.6) is 0 Å². The molecule has 0 atom stereocenters. The number of likely N-dealkylation sites (tertiary alicyclic amines) is 1. The number of rotatable bonds is 6. The lowest BCUT2D eigenvalue weighted by molar-refractivity contribution is -0.121. The average Bonchev–Trinajstić information content (AvgIpc) is 3.33. The lowest BCUT2D eigenvalue weighted by Crippen LogP contribution is -2.34. The summed E-state index contributed by atoms with van der Waals surface area (Å²) in [6.45, 7) is 3.05. The van der Waals surface area contributed by atoms with Crippen molar-refractivity contribution >= 4 is 11.9 Å². The van der Waals surface area contributed by atoms with E-state index >= 15 is 0 Å². The topological polar surface area (TPSA) is 84.1 Å². The number of aromatic nitrogens is 2. The third-order valence-corrected chi connectivity index (χ3v) is 4.56. The minimum absolute atomic E-state index is 0.240. The average molecular weight is 303 g/mol. The van der Waals surface area contributed by atoms with Gasteiger partial charge in [-0.05, 0) is 51.1 Å². The van der Waals surface area contributed by atoms with Crippen molar-refractivity contribution in [3.63, 3.8) is 0 Å². The summed E-state index contributed by atoms with van der Waals surface area (Å²) in [6, 6.07) is 0.483. The van der Waals surface area contributed by atoms with Crippen molar-refractivity contribution in [2.24, 2.45) is 5.92 Å². The van der Waals surface area contributed by atoms with Crippen molar-refractivity contribution in [1.29, 1.82) is 0 Å². The fourth-order valence-corrected chi connectivity index (χ4v) is 3.00. The Balaban J connectivity index is 1.34. The van der Waals surface area contributed by atoms with E-state index in [1.807, 2.05) is 0 Å². The first-order valence-electron chi connectivity index (χ1n) is 8.27. The van der Waals surface area contributed by atoms with E-state index in [0.29, 0.717) is 24.3 Å². The Bertz CT molecular complexity index is 492. The number of anilines is 1. The lowest BCUT2D eigenvalue weighted by Gasteiger charge is -2.31. The molecule has 0 radical (unpaired) electrons. The van der Waals surface area contributed by atoms with Gasteiger partial charge in [-0.2, -0.15) is 0 Å². The highest BCUT2D eigenvalue weighted by Crippen LogP contribution is 2.24. The largest absolute Gasteiger partial charge is 0.368 e. The first-order valence-corrected chi connectivity index (χ1v) is 8.27. The summed E-state index contributed by atoms with van der Waals surface area (Å²) in [6.07, 6.45) is 9.99. The first kappa shape index (κ1) is 15.2. The molecular weight excluding hydrogens is 278 g/mol. The van der Waals surface area contributed by atoms with E-state index in [1.165, 1.54) is 25.7 Å². The van der Waals surface area contributed by atoms with Crippen molar-refractivity contribution in [1.82, 2.24) is 20.2 Å². The molecule has 1 aromatic heterocycles. The molecule has 1 aliphatic heterocycles. The molecule has 0 spiro atoms. The molecule has 0 bridgehead atoms. The summed E-state index contributed by atoms with van der Waals surface area (Å²) < 4.78 is 0. The van der Waals surface area contributed by atoms with Gasteiger partial charge in [-0.25, -0.2) is 9.97 Å².